The first kappa shape index (κ1) is 13.9. The second-order valence-corrected chi connectivity index (χ2v) is 6.71. The lowest BCUT2D eigenvalue weighted by atomic mass is 9.78. The highest BCUT2D eigenvalue weighted by atomic mass is 16.5. The summed E-state index contributed by atoms with van der Waals surface area (Å²) in [5.41, 5.74) is 0.573. The number of para-hydroxylation sites is 1. The molecule has 0 amide bonds. The molecule has 0 aliphatic heterocycles. The molecule has 0 heterocycles. The topological polar surface area (TPSA) is 21.3 Å². The van der Waals surface area contributed by atoms with Crippen LogP contribution in [0.4, 0.5) is 0 Å². The van der Waals surface area contributed by atoms with Crippen molar-refractivity contribution in [3.05, 3.63) is 30.3 Å². The zero-order chi connectivity index (χ0) is 13.8. The first-order valence-electron chi connectivity index (χ1n) is 8.20. The van der Waals surface area contributed by atoms with Crippen molar-refractivity contribution in [3.8, 4) is 5.75 Å². The number of rotatable bonds is 8. The summed E-state index contributed by atoms with van der Waals surface area (Å²) in [6.45, 7) is 5.37. The highest BCUT2D eigenvalue weighted by Crippen LogP contribution is 2.61. The third-order valence-corrected chi connectivity index (χ3v) is 5.07. The average molecular weight is 273 g/mol. The normalized spacial score (nSPS) is 31.1. The van der Waals surface area contributed by atoms with Crippen LogP contribution in [0, 0.1) is 17.3 Å². The van der Waals surface area contributed by atoms with Crippen molar-refractivity contribution in [1.29, 1.82) is 0 Å². The Hall–Kier alpha value is -1.02. The van der Waals surface area contributed by atoms with Gasteiger partial charge < -0.3 is 10.1 Å². The van der Waals surface area contributed by atoms with Crippen molar-refractivity contribution in [1.82, 2.24) is 5.32 Å². The maximum absolute atomic E-state index is 5.83. The molecule has 2 unspecified atom stereocenters. The minimum Gasteiger partial charge on any atom is -0.494 e. The van der Waals surface area contributed by atoms with E-state index in [0.717, 1.165) is 30.7 Å². The van der Waals surface area contributed by atoms with Crippen molar-refractivity contribution in [2.24, 2.45) is 17.3 Å². The molecular weight excluding hydrogens is 246 g/mol. The van der Waals surface area contributed by atoms with Gasteiger partial charge in [-0.1, -0.05) is 25.1 Å². The van der Waals surface area contributed by atoms with Crippen LogP contribution in [0.15, 0.2) is 30.3 Å². The summed E-state index contributed by atoms with van der Waals surface area (Å²) in [5.74, 6) is 3.12. The summed E-state index contributed by atoms with van der Waals surface area (Å²) >= 11 is 0. The quantitative estimate of drug-likeness (QED) is 0.726. The largest absolute Gasteiger partial charge is 0.494 e. The third-order valence-electron chi connectivity index (χ3n) is 5.07. The fourth-order valence-corrected chi connectivity index (χ4v) is 3.99. The van der Waals surface area contributed by atoms with Gasteiger partial charge in [0.1, 0.15) is 5.75 Å². The molecule has 2 nitrogen and oxygen atoms in total. The standard InChI is InChI=1S/C18H27NO/c1-2-19-14-18(12-15-11-16(15)13-18)9-6-10-20-17-7-4-3-5-8-17/h3-5,7-8,15-16,19H,2,6,9-14H2,1H3. The minimum atomic E-state index is 0.573. The molecule has 110 valence electrons. The van der Waals surface area contributed by atoms with E-state index >= 15 is 0 Å². The SMILES string of the molecule is CCNCC1(CCCOc2ccccc2)CC2CC2C1. The Balaban J connectivity index is 1.43. The second kappa shape index (κ2) is 6.17. The van der Waals surface area contributed by atoms with Gasteiger partial charge in [-0.15, -0.1) is 0 Å². The van der Waals surface area contributed by atoms with E-state index in [4.69, 9.17) is 4.74 Å². The maximum Gasteiger partial charge on any atom is 0.119 e. The number of nitrogens with one attached hydrogen (secondary N) is 1. The molecule has 2 heteroatoms. The molecule has 2 aliphatic carbocycles. The Bertz CT molecular complexity index is 407. The molecule has 2 atom stereocenters. The molecular formula is C18H27NO. The first-order chi connectivity index (χ1) is 9.81. The van der Waals surface area contributed by atoms with Crippen LogP contribution in [0.5, 0.6) is 5.75 Å². The van der Waals surface area contributed by atoms with E-state index in [0.29, 0.717) is 5.41 Å². The van der Waals surface area contributed by atoms with Crippen LogP contribution in [-0.4, -0.2) is 19.7 Å². The summed E-state index contributed by atoms with van der Waals surface area (Å²) in [7, 11) is 0. The van der Waals surface area contributed by atoms with Gasteiger partial charge in [-0.3, -0.25) is 0 Å². The van der Waals surface area contributed by atoms with Crippen molar-refractivity contribution in [2.45, 2.75) is 39.0 Å². The summed E-state index contributed by atoms with van der Waals surface area (Å²) in [6.07, 6.45) is 6.92. The van der Waals surface area contributed by atoms with Gasteiger partial charge >= 0.3 is 0 Å². The van der Waals surface area contributed by atoms with E-state index in [1.165, 1.54) is 38.6 Å². The predicted octanol–water partition coefficient (Wildman–Crippen LogP) is 3.87. The summed E-state index contributed by atoms with van der Waals surface area (Å²) < 4.78 is 5.83. The molecule has 3 rings (SSSR count). The van der Waals surface area contributed by atoms with E-state index in [-0.39, 0.29) is 0 Å². The average Bonchev–Trinajstić information content (AvgIpc) is 3.11. The van der Waals surface area contributed by atoms with Crippen LogP contribution < -0.4 is 10.1 Å². The Kier molecular flexibility index (Phi) is 4.30. The lowest BCUT2D eigenvalue weighted by Crippen LogP contribution is -2.33. The molecule has 0 bridgehead atoms. The molecule has 0 aromatic heterocycles. The van der Waals surface area contributed by atoms with E-state index in [2.05, 4.69) is 12.2 Å². The summed E-state index contributed by atoms with van der Waals surface area (Å²) in [5, 5.41) is 3.59. The zero-order valence-electron chi connectivity index (χ0n) is 12.6. The van der Waals surface area contributed by atoms with E-state index < -0.39 is 0 Å². The molecule has 0 spiro atoms. The van der Waals surface area contributed by atoms with Crippen LogP contribution in [0.25, 0.3) is 0 Å². The van der Waals surface area contributed by atoms with Gasteiger partial charge in [-0.05, 0) is 68.0 Å². The summed E-state index contributed by atoms with van der Waals surface area (Å²) in [6, 6.07) is 10.2. The molecule has 20 heavy (non-hydrogen) atoms. The van der Waals surface area contributed by atoms with Crippen LogP contribution in [0.2, 0.25) is 0 Å². The molecule has 2 fully saturated rings. The highest BCUT2D eigenvalue weighted by Gasteiger charge is 2.52. The zero-order valence-corrected chi connectivity index (χ0v) is 12.6. The Labute approximate surface area is 122 Å². The van der Waals surface area contributed by atoms with Crippen LogP contribution in [-0.2, 0) is 0 Å². The molecule has 0 saturated heterocycles. The van der Waals surface area contributed by atoms with Crippen molar-refractivity contribution >= 4 is 0 Å². The Morgan fingerprint density at radius 2 is 1.95 bits per heavy atom. The lowest BCUT2D eigenvalue weighted by molar-refractivity contribution is 0.201. The molecule has 1 aromatic carbocycles. The van der Waals surface area contributed by atoms with E-state index in [1.807, 2.05) is 30.3 Å². The van der Waals surface area contributed by atoms with E-state index in [1.54, 1.807) is 0 Å². The minimum absolute atomic E-state index is 0.573. The van der Waals surface area contributed by atoms with Gasteiger partial charge in [0.05, 0.1) is 6.61 Å². The van der Waals surface area contributed by atoms with Gasteiger partial charge in [0.25, 0.3) is 0 Å². The predicted molar refractivity (Wildman–Crippen MR) is 83.0 cm³/mol. The Morgan fingerprint density at radius 1 is 1.20 bits per heavy atom. The number of ether oxygens (including phenoxy) is 1. The van der Waals surface area contributed by atoms with Crippen LogP contribution in [0.3, 0.4) is 0 Å². The molecule has 2 saturated carbocycles. The molecule has 2 aliphatic rings. The monoisotopic (exact) mass is 273 g/mol. The fourth-order valence-electron chi connectivity index (χ4n) is 3.99. The Morgan fingerprint density at radius 3 is 2.65 bits per heavy atom. The molecule has 1 N–H and O–H groups in total. The van der Waals surface area contributed by atoms with Crippen LogP contribution in [0.1, 0.15) is 39.0 Å². The van der Waals surface area contributed by atoms with Gasteiger partial charge in [0.2, 0.25) is 0 Å². The first-order valence-corrected chi connectivity index (χ1v) is 8.20. The van der Waals surface area contributed by atoms with E-state index in [9.17, 15) is 0 Å². The van der Waals surface area contributed by atoms with Gasteiger partial charge in [-0.2, -0.15) is 0 Å². The summed E-state index contributed by atoms with van der Waals surface area (Å²) in [4.78, 5) is 0. The molecule has 0 radical (unpaired) electrons. The lowest BCUT2D eigenvalue weighted by Gasteiger charge is -2.31. The third kappa shape index (κ3) is 3.35. The number of hydrogen-bond acceptors (Lipinski definition) is 2. The van der Waals surface area contributed by atoms with Gasteiger partial charge in [0.15, 0.2) is 0 Å². The molecule has 1 aromatic rings. The number of benzene rings is 1. The maximum atomic E-state index is 5.83. The van der Waals surface area contributed by atoms with Crippen molar-refractivity contribution < 1.29 is 4.74 Å². The van der Waals surface area contributed by atoms with Crippen LogP contribution >= 0.6 is 0 Å². The van der Waals surface area contributed by atoms with Gasteiger partial charge in [0, 0.05) is 6.54 Å². The number of fused-ring (bicyclic) bond motifs is 1. The fraction of sp³-hybridized carbons (Fsp3) is 0.667. The number of hydrogen-bond donors (Lipinski definition) is 1. The second-order valence-electron chi connectivity index (χ2n) is 6.71. The van der Waals surface area contributed by atoms with Crippen molar-refractivity contribution in [3.63, 3.8) is 0 Å². The smallest absolute Gasteiger partial charge is 0.119 e. The van der Waals surface area contributed by atoms with Crippen molar-refractivity contribution in [2.75, 3.05) is 19.7 Å². The highest BCUT2D eigenvalue weighted by molar-refractivity contribution is 5.20. The van der Waals surface area contributed by atoms with Gasteiger partial charge in [-0.25, -0.2) is 0 Å².